The molecular weight excluding hydrogens is 356 g/mol. The van der Waals surface area contributed by atoms with Crippen LogP contribution in [0.25, 0.3) is 5.69 Å². The highest BCUT2D eigenvalue weighted by Gasteiger charge is 2.18. The number of carbonyl (C=O) groups excluding carboxylic acids is 2. The molecule has 0 spiro atoms. The Morgan fingerprint density at radius 2 is 1.86 bits per heavy atom. The van der Waals surface area contributed by atoms with Crippen LogP contribution < -0.4 is 15.4 Å². The molecule has 1 aliphatic heterocycles. The van der Waals surface area contributed by atoms with Crippen molar-refractivity contribution >= 4 is 23.2 Å². The van der Waals surface area contributed by atoms with Crippen molar-refractivity contribution in [1.29, 1.82) is 0 Å². The number of aromatic nitrogens is 2. The molecule has 28 heavy (non-hydrogen) atoms. The number of nitrogens with one attached hydrogen (secondary N) is 2. The normalized spacial score (nSPS) is 12.8. The van der Waals surface area contributed by atoms with Gasteiger partial charge in [-0.05, 0) is 68.3 Å². The van der Waals surface area contributed by atoms with Crippen molar-refractivity contribution in [3.8, 4) is 11.4 Å². The summed E-state index contributed by atoms with van der Waals surface area (Å²) in [6.07, 6.45) is 0. The summed E-state index contributed by atoms with van der Waals surface area (Å²) >= 11 is 0. The van der Waals surface area contributed by atoms with Crippen molar-refractivity contribution in [3.63, 3.8) is 0 Å². The average Bonchev–Trinajstić information content (AvgIpc) is 3.02. The Balaban J connectivity index is 1.58. The van der Waals surface area contributed by atoms with Gasteiger partial charge < -0.3 is 15.4 Å². The van der Waals surface area contributed by atoms with Crippen molar-refractivity contribution in [2.75, 3.05) is 17.2 Å². The van der Waals surface area contributed by atoms with E-state index in [4.69, 9.17) is 4.74 Å². The van der Waals surface area contributed by atoms with Crippen LogP contribution in [0, 0.1) is 20.8 Å². The Kier molecular flexibility index (Phi) is 4.35. The Morgan fingerprint density at radius 1 is 1.11 bits per heavy atom. The second kappa shape index (κ2) is 6.84. The van der Waals surface area contributed by atoms with Gasteiger partial charge >= 0.3 is 0 Å². The molecule has 7 heteroatoms. The Hall–Kier alpha value is -3.61. The van der Waals surface area contributed by atoms with E-state index in [1.807, 2.05) is 32.9 Å². The number of hydrogen-bond donors (Lipinski definition) is 2. The molecule has 4 rings (SSSR count). The second-order valence-electron chi connectivity index (χ2n) is 6.93. The second-order valence-corrected chi connectivity index (χ2v) is 6.93. The van der Waals surface area contributed by atoms with Gasteiger partial charge in [0.15, 0.2) is 12.3 Å². The molecule has 1 aromatic heterocycles. The first-order valence-electron chi connectivity index (χ1n) is 8.92. The third-order valence-electron chi connectivity index (χ3n) is 4.44. The number of nitrogens with zero attached hydrogens (tertiary/aromatic N) is 2. The quantitative estimate of drug-likeness (QED) is 0.734. The van der Waals surface area contributed by atoms with E-state index in [0.29, 0.717) is 22.8 Å². The summed E-state index contributed by atoms with van der Waals surface area (Å²) in [6.45, 7) is 5.96. The van der Waals surface area contributed by atoms with Gasteiger partial charge in [0.25, 0.3) is 11.8 Å². The van der Waals surface area contributed by atoms with Crippen LogP contribution in [0.3, 0.4) is 0 Å². The van der Waals surface area contributed by atoms with Crippen LogP contribution in [-0.4, -0.2) is 28.2 Å². The van der Waals surface area contributed by atoms with E-state index in [1.165, 1.54) is 0 Å². The monoisotopic (exact) mass is 376 g/mol. The summed E-state index contributed by atoms with van der Waals surface area (Å²) in [4.78, 5) is 24.1. The lowest BCUT2D eigenvalue weighted by Crippen LogP contribution is -2.25. The molecule has 0 aliphatic carbocycles. The minimum atomic E-state index is -0.325. The maximum absolute atomic E-state index is 12.7. The number of carbonyl (C=O) groups is 2. The van der Waals surface area contributed by atoms with E-state index < -0.39 is 0 Å². The van der Waals surface area contributed by atoms with Crippen LogP contribution in [0.15, 0.2) is 42.5 Å². The molecule has 0 fully saturated rings. The zero-order valence-corrected chi connectivity index (χ0v) is 15.9. The number of amides is 2. The highest BCUT2D eigenvalue weighted by Crippen LogP contribution is 2.30. The number of ether oxygens (including phenoxy) is 1. The first-order chi connectivity index (χ1) is 13.4. The number of fused-ring (bicyclic) bond motifs is 1. The summed E-state index contributed by atoms with van der Waals surface area (Å²) in [5.74, 6) is 0.0283. The first kappa shape index (κ1) is 17.8. The molecule has 2 N–H and O–H groups in total. The molecule has 0 bridgehead atoms. The van der Waals surface area contributed by atoms with Crippen molar-refractivity contribution in [1.82, 2.24) is 9.78 Å². The maximum Gasteiger partial charge on any atom is 0.276 e. The molecule has 142 valence electrons. The zero-order valence-electron chi connectivity index (χ0n) is 15.9. The van der Waals surface area contributed by atoms with E-state index >= 15 is 0 Å². The van der Waals surface area contributed by atoms with E-state index in [-0.39, 0.29) is 18.4 Å². The smallest absolute Gasteiger partial charge is 0.276 e. The first-order valence-corrected chi connectivity index (χ1v) is 8.92. The average molecular weight is 376 g/mol. The van der Waals surface area contributed by atoms with Gasteiger partial charge in [-0.15, -0.1) is 0 Å². The standard InChI is InChI=1S/C21H20N4O3/c1-12-6-13(2)8-16(7-12)25-14(3)9-18(24-25)21(27)22-15-4-5-19-17(10-15)23-20(26)11-28-19/h4-10H,11H2,1-3H3,(H,22,27)(H,23,26). The molecule has 7 nitrogen and oxygen atoms in total. The van der Waals surface area contributed by atoms with Gasteiger partial charge in [-0.1, -0.05) is 6.07 Å². The molecule has 2 heterocycles. The van der Waals surface area contributed by atoms with E-state index in [1.54, 1.807) is 28.9 Å². The summed E-state index contributed by atoms with van der Waals surface area (Å²) in [7, 11) is 0. The van der Waals surface area contributed by atoms with Crippen molar-refractivity contribution < 1.29 is 14.3 Å². The van der Waals surface area contributed by atoms with Crippen LogP contribution in [-0.2, 0) is 4.79 Å². The van der Waals surface area contributed by atoms with E-state index in [0.717, 1.165) is 22.5 Å². The zero-order chi connectivity index (χ0) is 19.8. The van der Waals surface area contributed by atoms with Crippen LogP contribution >= 0.6 is 0 Å². The SMILES string of the molecule is Cc1cc(C)cc(-n2nc(C(=O)Nc3ccc4c(c3)NC(=O)CO4)cc2C)c1. The minimum absolute atomic E-state index is 0.00610. The third kappa shape index (κ3) is 3.46. The molecule has 0 unspecified atom stereocenters. The van der Waals surface area contributed by atoms with Crippen LogP contribution in [0.4, 0.5) is 11.4 Å². The van der Waals surface area contributed by atoms with Gasteiger partial charge in [0.05, 0.1) is 11.4 Å². The molecule has 2 amide bonds. The van der Waals surface area contributed by atoms with Gasteiger partial charge in [-0.25, -0.2) is 4.68 Å². The lowest BCUT2D eigenvalue weighted by Gasteiger charge is -2.18. The molecule has 2 aromatic carbocycles. The predicted octanol–water partition coefficient (Wildman–Crippen LogP) is 3.38. The van der Waals surface area contributed by atoms with Crippen molar-refractivity contribution in [2.45, 2.75) is 20.8 Å². The number of anilines is 2. The van der Waals surface area contributed by atoms with Gasteiger partial charge in [0.1, 0.15) is 5.75 Å². The Bertz CT molecular complexity index is 1080. The summed E-state index contributed by atoms with van der Waals surface area (Å²) in [5, 5.41) is 10.0. The predicted molar refractivity (Wildman–Crippen MR) is 106 cm³/mol. The third-order valence-corrected chi connectivity index (χ3v) is 4.44. The van der Waals surface area contributed by atoms with Gasteiger partial charge in [0.2, 0.25) is 0 Å². The fourth-order valence-electron chi connectivity index (χ4n) is 3.28. The van der Waals surface area contributed by atoms with Gasteiger partial charge in [0, 0.05) is 11.4 Å². The maximum atomic E-state index is 12.7. The number of rotatable bonds is 3. The van der Waals surface area contributed by atoms with Crippen molar-refractivity contribution in [2.24, 2.45) is 0 Å². The molecule has 0 radical (unpaired) electrons. The Morgan fingerprint density at radius 3 is 2.61 bits per heavy atom. The van der Waals surface area contributed by atoms with E-state index in [2.05, 4.69) is 21.8 Å². The van der Waals surface area contributed by atoms with Crippen LogP contribution in [0.2, 0.25) is 0 Å². The van der Waals surface area contributed by atoms with Gasteiger partial charge in [-0.2, -0.15) is 5.10 Å². The molecule has 0 saturated heterocycles. The topological polar surface area (TPSA) is 85.3 Å². The van der Waals surface area contributed by atoms with Crippen LogP contribution in [0.1, 0.15) is 27.3 Å². The highest BCUT2D eigenvalue weighted by atomic mass is 16.5. The molecule has 1 aliphatic rings. The number of aryl methyl sites for hydroxylation is 3. The van der Waals surface area contributed by atoms with E-state index in [9.17, 15) is 9.59 Å². The highest BCUT2D eigenvalue weighted by molar-refractivity contribution is 6.04. The summed E-state index contributed by atoms with van der Waals surface area (Å²) < 4.78 is 7.09. The molecule has 0 atom stereocenters. The largest absolute Gasteiger partial charge is 0.482 e. The summed E-state index contributed by atoms with van der Waals surface area (Å²) in [6, 6.07) is 13.0. The number of hydrogen-bond acceptors (Lipinski definition) is 4. The molecule has 3 aromatic rings. The number of benzene rings is 2. The minimum Gasteiger partial charge on any atom is -0.482 e. The molecule has 0 saturated carbocycles. The fraction of sp³-hybridized carbons (Fsp3) is 0.190. The van der Waals surface area contributed by atoms with Crippen molar-refractivity contribution in [3.05, 3.63) is 65.0 Å². The fourth-order valence-corrected chi connectivity index (χ4v) is 3.28. The van der Waals surface area contributed by atoms with Crippen LogP contribution in [0.5, 0.6) is 5.75 Å². The molecular formula is C21H20N4O3. The lowest BCUT2D eigenvalue weighted by atomic mass is 10.1. The lowest BCUT2D eigenvalue weighted by molar-refractivity contribution is -0.118. The summed E-state index contributed by atoms with van der Waals surface area (Å²) in [5.41, 5.74) is 5.45. The van der Waals surface area contributed by atoms with Gasteiger partial charge in [-0.3, -0.25) is 9.59 Å². The Labute approximate surface area is 162 Å².